The molecule has 17 heavy (non-hydrogen) atoms. The quantitative estimate of drug-likeness (QED) is 0.835. The molecule has 1 unspecified atom stereocenters. The molecule has 0 radical (unpaired) electrons. The van der Waals surface area contributed by atoms with E-state index in [1.165, 1.54) is 0 Å². The largest absolute Gasteiger partial charge is 0.388 e. The van der Waals surface area contributed by atoms with Gasteiger partial charge in [0.2, 0.25) is 0 Å². The van der Waals surface area contributed by atoms with Crippen molar-refractivity contribution in [3.8, 4) is 0 Å². The van der Waals surface area contributed by atoms with Gasteiger partial charge in [-0.25, -0.2) is 0 Å². The van der Waals surface area contributed by atoms with Crippen LogP contribution in [0.15, 0.2) is 28.7 Å². The Hall–Kier alpha value is -0.0300. The number of aliphatic hydroxyl groups excluding tert-OH is 1. The van der Waals surface area contributed by atoms with Gasteiger partial charge in [-0.15, -0.1) is 0 Å². The first-order valence-electron chi connectivity index (χ1n) is 5.74. The number of halogens is 1. The third-order valence-electron chi connectivity index (χ3n) is 2.69. The summed E-state index contributed by atoms with van der Waals surface area (Å²) in [6.45, 7) is 2.00. The summed E-state index contributed by atoms with van der Waals surface area (Å²) in [7, 11) is 2.10. The van der Waals surface area contributed by atoms with Crippen molar-refractivity contribution in [2.24, 2.45) is 0 Å². The van der Waals surface area contributed by atoms with Crippen molar-refractivity contribution >= 4 is 27.7 Å². The highest BCUT2D eigenvalue weighted by atomic mass is 79.9. The van der Waals surface area contributed by atoms with E-state index in [2.05, 4.69) is 34.1 Å². The van der Waals surface area contributed by atoms with E-state index in [0.717, 1.165) is 35.3 Å². The van der Waals surface area contributed by atoms with Gasteiger partial charge in [-0.2, -0.15) is 11.8 Å². The molecule has 4 heteroatoms. The Labute approximate surface area is 117 Å². The normalized spacial score (nSPS) is 13.0. The highest BCUT2D eigenvalue weighted by molar-refractivity contribution is 9.10. The van der Waals surface area contributed by atoms with E-state index in [0.29, 0.717) is 0 Å². The number of benzene rings is 1. The summed E-state index contributed by atoms with van der Waals surface area (Å²) >= 11 is 5.27. The molecule has 0 heterocycles. The van der Waals surface area contributed by atoms with Crippen molar-refractivity contribution in [1.82, 2.24) is 4.90 Å². The van der Waals surface area contributed by atoms with Crippen LogP contribution < -0.4 is 0 Å². The van der Waals surface area contributed by atoms with Gasteiger partial charge in [0.15, 0.2) is 0 Å². The van der Waals surface area contributed by atoms with Crippen LogP contribution in [0, 0.1) is 0 Å². The number of hydrogen-bond acceptors (Lipinski definition) is 3. The molecule has 0 amide bonds. The van der Waals surface area contributed by atoms with E-state index in [1.54, 1.807) is 0 Å². The van der Waals surface area contributed by atoms with Crippen LogP contribution in [0.5, 0.6) is 0 Å². The first-order valence-corrected chi connectivity index (χ1v) is 7.93. The zero-order chi connectivity index (χ0) is 12.7. The van der Waals surface area contributed by atoms with E-state index in [1.807, 2.05) is 36.0 Å². The molecule has 1 N–H and O–H groups in total. The lowest BCUT2D eigenvalue weighted by molar-refractivity contribution is 0.150. The second kappa shape index (κ2) is 8.14. The maximum Gasteiger partial charge on any atom is 0.0802 e. The van der Waals surface area contributed by atoms with Gasteiger partial charge in [-0.3, -0.25) is 0 Å². The minimum absolute atomic E-state index is 0.371. The van der Waals surface area contributed by atoms with Crippen molar-refractivity contribution in [2.45, 2.75) is 12.5 Å². The monoisotopic (exact) mass is 317 g/mol. The first kappa shape index (κ1) is 15.0. The summed E-state index contributed by atoms with van der Waals surface area (Å²) in [5.74, 6) is 1.14. The third kappa shape index (κ3) is 5.91. The highest BCUT2D eigenvalue weighted by Gasteiger charge is 2.09. The summed E-state index contributed by atoms with van der Waals surface area (Å²) in [6, 6.07) is 7.88. The fourth-order valence-corrected chi connectivity index (χ4v) is 2.49. The minimum Gasteiger partial charge on any atom is -0.388 e. The molecular formula is C13H20BrNOS. The lowest BCUT2D eigenvalue weighted by Gasteiger charge is -2.18. The second-order valence-corrected chi connectivity index (χ2v) is 6.06. The molecule has 0 aliphatic heterocycles. The van der Waals surface area contributed by atoms with E-state index in [4.69, 9.17) is 0 Å². The standard InChI is InChI=1S/C13H20BrNOS/c1-15(8-9-17-2)7-6-13(16)11-4-3-5-12(14)10-11/h3-5,10,13,16H,6-9H2,1-2H3. The zero-order valence-electron chi connectivity index (χ0n) is 10.4. The molecule has 0 aliphatic rings. The van der Waals surface area contributed by atoms with Crippen LogP contribution >= 0.6 is 27.7 Å². The summed E-state index contributed by atoms with van der Waals surface area (Å²) in [5.41, 5.74) is 0.984. The van der Waals surface area contributed by atoms with Crippen LogP contribution in [0.4, 0.5) is 0 Å². The Bertz CT molecular complexity index is 335. The topological polar surface area (TPSA) is 23.5 Å². The van der Waals surface area contributed by atoms with Crippen molar-refractivity contribution < 1.29 is 5.11 Å². The zero-order valence-corrected chi connectivity index (χ0v) is 12.8. The summed E-state index contributed by atoms with van der Waals surface area (Å²) < 4.78 is 1.02. The van der Waals surface area contributed by atoms with Crippen LogP contribution in [0.1, 0.15) is 18.1 Å². The summed E-state index contributed by atoms with van der Waals surface area (Å²) in [4.78, 5) is 2.26. The summed E-state index contributed by atoms with van der Waals surface area (Å²) in [5, 5.41) is 10.1. The third-order valence-corrected chi connectivity index (χ3v) is 3.78. The Morgan fingerprint density at radius 2 is 2.18 bits per heavy atom. The molecule has 0 bridgehead atoms. The van der Waals surface area contributed by atoms with Crippen molar-refractivity contribution in [1.29, 1.82) is 0 Å². The molecular weight excluding hydrogens is 298 g/mol. The molecule has 0 spiro atoms. The second-order valence-electron chi connectivity index (χ2n) is 4.16. The maximum atomic E-state index is 10.1. The fraction of sp³-hybridized carbons (Fsp3) is 0.538. The Morgan fingerprint density at radius 3 is 2.82 bits per heavy atom. The van der Waals surface area contributed by atoms with Crippen LogP contribution in [-0.4, -0.2) is 42.2 Å². The predicted octanol–water partition coefficient (Wildman–Crippen LogP) is 3.17. The van der Waals surface area contributed by atoms with Crippen LogP contribution in [-0.2, 0) is 0 Å². The van der Waals surface area contributed by atoms with Gasteiger partial charge in [0.25, 0.3) is 0 Å². The molecule has 0 aliphatic carbocycles. The number of hydrogen-bond donors (Lipinski definition) is 1. The Morgan fingerprint density at radius 1 is 1.41 bits per heavy atom. The van der Waals surface area contributed by atoms with Crippen molar-refractivity contribution in [2.75, 3.05) is 32.1 Å². The van der Waals surface area contributed by atoms with E-state index in [-0.39, 0.29) is 6.10 Å². The number of rotatable bonds is 7. The Kier molecular flexibility index (Phi) is 7.19. The van der Waals surface area contributed by atoms with Gasteiger partial charge in [0.05, 0.1) is 6.10 Å². The lowest BCUT2D eigenvalue weighted by atomic mass is 10.1. The van der Waals surface area contributed by atoms with Gasteiger partial charge in [-0.1, -0.05) is 28.1 Å². The average Bonchev–Trinajstić information content (AvgIpc) is 2.33. The Balaban J connectivity index is 2.36. The molecule has 2 nitrogen and oxygen atoms in total. The number of thioether (sulfide) groups is 1. The minimum atomic E-state index is -0.371. The van der Waals surface area contributed by atoms with Gasteiger partial charge in [-0.05, 0) is 37.4 Å². The fourth-order valence-electron chi connectivity index (χ4n) is 1.58. The molecule has 0 saturated heterocycles. The molecule has 0 fully saturated rings. The predicted molar refractivity (Wildman–Crippen MR) is 79.6 cm³/mol. The van der Waals surface area contributed by atoms with E-state index in [9.17, 15) is 5.11 Å². The van der Waals surface area contributed by atoms with Crippen LogP contribution in [0.3, 0.4) is 0 Å². The molecule has 1 aromatic carbocycles. The molecule has 0 saturated carbocycles. The van der Waals surface area contributed by atoms with Crippen molar-refractivity contribution in [3.05, 3.63) is 34.3 Å². The van der Waals surface area contributed by atoms with E-state index < -0.39 is 0 Å². The van der Waals surface area contributed by atoms with Crippen LogP contribution in [0.25, 0.3) is 0 Å². The average molecular weight is 318 g/mol. The summed E-state index contributed by atoms with van der Waals surface area (Å²) in [6.07, 6.45) is 2.52. The van der Waals surface area contributed by atoms with Gasteiger partial charge < -0.3 is 10.0 Å². The molecule has 1 aromatic rings. The van der Waals surface area contributed by atoms with E-state index >= 15 is 0 Å². The van der Waals surface area contributed by atoms with Gasteiger partial charge in [0, 0.05) is 23.3 Å². The molecule has 1 rings (SSSR count). The molecule has 96 valence electrons. The molecule has 0 aromatic heterocycles. The van der Waals surface area contributed by atoms with Crippen molar-refractivity contribution in [3.63, 3.8) is 0 Å². The maximum absolute atomic E-state index is 10.1. The SMILES string of the molecule is CSCCN(C)CCC(O)c1cccc(Br)c1. The smallest absolute Gasteiger partial charge is 0.0802 e. The van der Waals surface area contributed by atoms with Gasteiger partial charge >= 0.3 is 0 Å². The lowest BCUT2D eigenvalue weighted by Crippen LogP contribution is -2.23. The number of aliphatic hydroxyl groups is 1. The molecule has 1 atom stereocenters. The first-order chi connectivity index (χ1) is 8.13. The number of nitrogens with zero attached hydrogens (tertiary/aromatic N) is 1. The van der Waals surface area contributed by atoms with Crippen LogP contribution in [0.2, 0.25) is 0 Å². The highest BCUT2D eigenvalue weighted by Crippen LogP contribution is 2.20. The van der Waals surface area contributed by atoms with Gasteiger partial charge in [0.1, 0.15) is 0 Å².